The fourth-order valence-corrected chi connectivity index (χ4v) is 2.54. The molecule has 0 heterocycles. The monoisotopic (exact) mass is 355 g/mol. The second-order valence-electron chi connectivity index (χ2n) is 5.82. The van der Waals surface area contributed by atoms with Gasteiger partial charge in [0.05, 0.1) is 5.56 Å². The van der Waals surface area contributed by atoms with Crippen molar-refractivity contribution in [3.63, 3.8) is 0 Å². The maximum absolute atomic E-state index is 12.5. The van der Waals surface area contributed by atoms with Crippen LogP contribution in [0.2, 0.25) is 0 Å². The van der Waals surface area contributed by atoms with E-state index in [2.05, 4.69) is 5.32 Å². The van der Waals surface area contributed by atoms with Gasteiger partial charge in [0.15, 0.2) is 0 Å². The lowest BCUT2D eigenvalue weighted by molar-refractivity contribution is -0.137. The quantitative estimate of drug-likeness (QED) is 0.676. The lowest BCUT2D eigenvalue weighted by Crippen LogP contribution is -2.22. The SMILES string of the molecule is O=C(NCc1ccc(-c2ccccc2)cc1)c1ccc(C(F)(F)F)cc1. The van der Waals surface area contributed by atoms with E-state index in [0.29, 0.717) is 6.54 Å². The number of nitrogens with one attached hydrogen (secondary N) is 1. The van der Waals surface area contributed by atoms with Gasteiger partial charge in [-0.15, -0.1) is 0 Å². The molecule has 0 aliphatic rings. The second-order valence-corrected chi connectivity index (χ2v) is 5.82. The molecule has 26 heavy (non-hydrogen) atoms. The minimum Gasteiger partial charge on any atom is -0.348 e. The van der Waals surface area contributed by atoms with E-state index in [1.54, 1.807) is 0 Å². The van der Waals surface area contributed by atoms with Crippen LogP contribution < -0.4 is 5.32 Å². The van der Waals surface area contributed by atoms with Crippen LogP contribution in [0.5, 0.6) is 0 Å². The highest BCUT2D eigenvalue weighted by Gasteiger charge is 2.30. The molecule has 0 atom stereocenters. The molecule has 3 aromatic rings. The molecular formula is C21H16F3NO. The molecule has 0 aromatic heterocycles. The van der Waals surface area contributed by atoms with Crippen LogP contribution >= 0.6 is 0 Å². The van der Waals surface area contributed by atoms with Gasteiger partial charge < -0.3 is 5.32 Å². The maximum atomic E-state index is 12.5. The van der Waals surface area contributed by atoms with E-state index in [0.717, 1.165) is 28.8 Å². The molecule has 5 heteroatoms. The van der Waals surface area contributed by atoms with E-state index in [4.69, 9.17) is 0 Å². The van der Waals surface area contributed by atoms with Crippen molar-refractivity contribution >= 4 is 5.91 Å². The van der Waals surface area contributed by atoms with Gasteiger partial charge in [0, 0.05) is 12.1 Å². The van der Waals surface area contributed by atoms with Crippen molar-refractivity contribution in [2.45, 2.75) is 12.7 Å². The third-order valence-electron chi connectivity index (χ3n) is 3.99. The molecular weight excluding hydrogens is 339 g/mol. The zero-order valence-electron chi connectivity index (χ0n) is 13.8. The van der Waals surface area contributed by atoms with Gasteiger partial charge in [0.1, 0.15) is 0 Å². The van der Waals surface area contributed by atoms with Gasteiger partial charge in [0.25, 0.3) is 5.91 Å². The molecule has 1 N–H and O–H groups in total. The van der Waals surface area contributed by atoms with Crippen LogP contribution in [-0.2, 0) is 12.7 Å². The highest BCUT2D eigenvalue weighted by Crippen LogP contribution is 2.29. The minimum absolute atomic E-state index is 0.193. The summed E-state index contributed by atoms with van der Waals surface area (Å²) < 4.78 is 37.6. The number of halogens is 3. The first-order chi connectivity index (χ1) is 12.4. The highest BCUT2D eigenvalue weighted by molar-refractivity contribution is 5.94. The van der Waals surface area contributed by atoms with Crippen LogP contribution in [0.3, 0.4) is 0 Å². The summed E-state index contributed by atoms with van der Waals surface area (Å²) in [6, 6.07) is 21.8. The van der Waals surface area contributed by atoms with Gasteiger partial charge in [-0.2, -0.15) is 13.2 Å². The molecule has 3 aromatic carbocycles. The smallest absolute Gasteiger partial charge is 0.348 e. The lowest BCUT2D eigenvalue weighted by Gasteiger charge is -2.09. The van der Waals surface area contributed by atoms with Crippen LogP contribution in [0.4, 0.5) is 13.2 Å². The fraction of sp³-hybridized carbons (Fsp3) is 0.0952. The highest BCUT2D eigenvalue weighted by atomic mass is 19.4. The first kappa shape index (κ1) is 17.7. The van der Waals surface area contributed by atoms with Crippen molar-refractivity contribution in [2.24, 2.45) is 0 Å². The van der Waals surface area contributed by atoms with Gasteiger partial charge >= 0.3 is 6.18 Å². The summed E-state index contributed by atoms with van der Waals surface area (Å²) in [6.45, 7) is 0.301. The van der Waals surface area contributed by atoms with Crippen LogP contribution in [0, 0.1) is 0 Å². The molecule has 0 saturated heterocycles. The van der Waals surface area contributed by atoms with E-state index in [1.807, 2.05) is 54.6 Å². The van der Waals surface area contributed by atoms with Crippen molar-refractivity contribution in [2.75, 3.05) is 0 Å². The number of hydrogen-bond acceptors (Lipinski definition) is 1. The molecule has 0 saturated carbocycles. The summed E-state index contributed by atoms with van der Waals surface area (Å²) in [7, 11) is 0. The van der Waals surface area contributed by atoms with Gasteiger partial charge in [0.2, 0.25) is 0 Å². The summed E-state index contributed by atoms with van der Waals surface area (Å²) in [5.41, 5.74) is 2.51. The number of benzene rings is 3. The average Bonchev–Trinajstić information content (AvgIpc) is 2.66. The van der Waals surface area contributed by atoms with E-state index in [-0.39, 0.29) is 5.56 Å². The number of hydrogen-bond donors (Lipinski definition) is 1. The van der Waals surface area contributed by atoms with Gasteiger partial charge in [-0.05, 0) is 41.0 Å². The summed E-state index contributed by atoms with van der Waals surface area (Å²) in [5, 5.41) is 2.71. The Hall–Kier alpha value is -3.08. The van der Waals surface area contributed by atoms with E-state index >= 15 is 0 Å². The number of rotatable bonds is 4. The Morgan fingerprint density at radius 3 is 1.92 bits per heavy atom. The second kappa shape index (κ2) is 7.44. The molecule has 2 nitrogen and oxygen atoms in total. The number of amides is 1. The molecule has 3 rings (SSSR count). The number of carbonyl (C=O) groups is 1. The van der Waals surface area contributed by atoms with Crippen molar-refractivity contribution in [1.29, 1.82) is 0 Å². The van der Waals surface area contributed by atoms with Crippen LogP contribution in [0.1, 0.15) is 21.5 Å². The Labute approximate surface area is 149 Å². The molecule has 0 aliphatic carbocycles. The molecule has 0 unspecified atom stereocenters. The maximum Gasteiger partial charge on any atom is 0.416 e. The van der Waals surface area contributed by atoms with Crippen LogP contribution in [0.25, 0.3) is 11.1 Å². The van der Waals surface area contributed by atoms with Crippen molar-refractivity contribution in [3.05, 3.63) is 95.6 Å². The Morgan fingerprint density at radius 1 is 0.769 bits per heavy atom. The van der Waals surface area contributed by atoms with Crippen LogP contribution in [0.15, 0.2) is 78.9 Å². The van der Waals surface area contributed by atoms with E-state index < -0.39 is 17.6 Å². The molecule has 0 radical (unpaired) electrons. The molecule has 0 aliphatic heterocycles. The van der Waals surface area contributed by atoms with Gasteiger partial charge in [-0.1, -0.05) is 54.6 Å². The predicted molar refractivity (Wildman–Crippen MR) is 94.5 cm³/mol. The molecule has 0 bridgehead atoms. The minimum atomic E-state index is -4.41. The van der Waals surface area contributed by atoms with E-state index in [1.165, 1.54) is 12.1 Å². The Morgan fingerprint density at radius 2 is 1.35 bits per heavy atom. The van der Waals surface area contributed by atoms with Crippen molar-refractivity contribution in [3.8, 4) is 11.1 Å². The topological polar surface area (TPSA) is 29.1 Å². The summed E-state index contributed by atoms with van der Waals surface area (Å²) in [5.74, 6) is -0.411. The largest absolute Gasteiger partial charge is 0.416 e. The third kappa shape index (κ3) is 4.30. The molecule has 1 amide bonds. The molecule has 0 fully saturated rings. The predicted octanol–water partition coefficient (Wildman–Crippen LogP) is 5.30. The Bertz CT molecular complexity index is 870. The summed E-state index contributed by atoms with van der Waals surface area (Å²) in [6.07, 6.45) is -4.41. The van der Waals surface area contributed by atoms with Gasteiger partial charge in [-0.25, -0.2) is 0 Å². The molecule has 132 valence electrons. The summed E-state index contributed by atoms with van der Waals surface area (Å²) in [4.78, 5) is 12.1. The third-order valence-corrected chi connectivity index (χ3v) is 3.99. The number of alkyl halides is 3. The van der Waals surface area contributed by atoms with Gasteiger partial charge in [-0.3, -0.25) is 4.79 Å². The van der Waals surface area contributed by atoms with Crippen molar-refractivity contribution < 1.29 is 18.0 Å². The van der Waals surface area contributed by atoms with E-state index in [9.17, 15) is 18.0 Å². The standard InChI is InChI=1S/C21H16F3NO/c22-21(23,24)19-12-10-18(11-13-19)20(26)25-14-15-6-8-17(9-7-15)16-4-2-1-3-5-16/h1-13H,14H2,(H,25,26). The zero-order valence-corrected chi connectivity index (χ0v) is 13.8. The Kier molecular flexibility index (Phi) is 5.07. The zero-order chi connectivity index (χ0) is 18.6. The first-order valence-corrected chi connectivity index (χ1v) is 8.03. The lowest BCUT2D eigenvalue weighted by atomic mass is 10.0. The van der Waals surface area contributed by atoms with Crippen LogP contribution in [-0.4, -0.2) is 5.91 Å². The van der Waals surface area contributed by atoms with Crippen molar-refractivity contribution in [1.82, 2.24) is 5.32 Å². The summed E-state index contributed by atoms with van der Waals surface area (Å²) >= 11 is 0. The number of carbonyl (C=O) groups excluding carboxylic acids is 1. The first-order valence-electron chi connectivity index (χ1n) is 8.03. The normalized spacial score (nSPS) is 11.2. The molecule has 0 spiro atoms. The average molecular weight is 355 g/mol. The Balaban J connectivity index is 1.61. The fourth-order valence-electron chi connectivity index (χ4n) is 2.54.